The van der Waals surface area contributed by atoms with E-state index < -0.39 is 0 Å². The number of azide groups is 1. The molecule has 78 valence electrons. The lowest BCUT2D eigenvalue weighted by Crippen LogP contribution is -2.05. The molecule has 0 fully saturated rings. The second-order valence-corrected chi connectivity index (χ2v) is 3.02. The molecule has 5 heteroatoms. The third-order valence-corrected chi connectivity index (χ3v) is 1.93. The molecular weight excluding hydrogens is 194 g/mol. The van der Waals surface area contributed by atoms with Crippen LogP contribution >= 0.6 is 0 Å². The lowest BCUT2D eigenvalue weighted by atomic mass is 10.1. The van der Waals surface area contributed by atoms with Gasteiger partial charge in [-0.05, 0) is 30.2 Å². The summed E-state index contributed by atoms with van der Waals surface area (Å²) < 4.78 is 5.07. The summed E-state index contributed by atoms with van der Waals surface area (Å²) in [6, 6.07) is 5.25. The minimum absolute atomic E-state index is 0.185. The topological polar surface area (TPSA) is 75.1 Å². The molecule has 0 bridgehead atoms. The van der Waals surface area contributed by atoms with E-state index >= 15 is 0 Å². The van der Waals surface area contributed by atoms with E-state index in [1.807, 2.05) is 13.0 Å². The van der Waals surface area contributed by atoms with Gasteiger partial charge in [0.1, 0.15) is 5.75 Å². The average molecular weight is 205 g/mol. The summed E-state index contributed by atoms with van der Waals surface area (Å²) in [7, 11) is 1.50. The van der Waals surface area contributed by atoms with Gasteiger partial charge >= 0.3 is 0 Å². The van der Waals surface area contributed by atoms with Gasteiger partial charge in [0.25, 0.3) is 0 Å². The van der Waals surface area contributed by atoms with Crippen molar-refractivity contribution in [3.63, 3.8) is 0 Å². The molecule has 0 saturated heterocycles. The first-order valence-corrected chi connectivity index (χ1v) is 4.37. The summed E-state index contributed by atoms with van der Waals surface area (Å²) in [6.45, 7) is 1.72. The van der Waals surface area contributed by atoms with Crippen molar-refractivity contribution >= 4 is 5.78 Å². The van der Waals surface area contributed by atoms with Crippen molar-refractivity contribution in [1.29, 1.82) is 0 Å². The number of nitrogens with zero attached hydrogens (tertiary/aromatic N) is 3. The first kappa shape index (κ1) is 11.1. The molecule has 0 amide bonds. The van der Waals surface area contributed by atoms with Crippen LogP contribution in [-0.4, -0.2) is 19.4 Å². The average Bonchev–Trinajstić information content (AvgIpc) is 2.25. The van der Waals surface area contributed by atoms with Crippen LogP contribution in [-0.2, 0) is 0 Å². The van der Waals surface area contributed by atoms with Gasteiger partial charge in [0.2, 0.25) is 0 Å². The van der Waals surface area contributed by atoms with E-state index in [1.165, 1.54) is 7.11 Å². The number of carbonyl (C=O) groups excluding carboxylic acids is 1. The standard InChI is InChI=1S/C10H11N3O2/c1-7-3-4-8(10(5-7)15-2)9(14)6-12-13-11/h3-5H,6H2,1-2H3. The number of carbonyl (C=O) groups is 1. The normalized spacial score (nSPS) is 9.20. The van der Waals surface area contributed by atoms with Gasteiger partial charge in [-0.1, -0.05) is 11.2 Å². The Bertz CT molecular complexity index is 423. The van der Waals surface area contributed by atoms with E-state index in [4.69, 9.17) is 10.3 Å². The highest BCUT2D eigenvalue weighted by Crippen LogP contribution is 2.20. The molecule has 0 atom stereocenters. The quantitative estimate of drug-likeness (QED) is 0.327. The predicted molar refractivity (Wildman–Crippen MR) is 56.1 cm³/mol. The smallest absolute Gasteiger partial charge is 0.172 e. The van der Waals surface area contributed by atoms with Crippen molar-refractivity contribution in [3.05, 3.63) is 39.8 Å². The van der Waals surface area contributed by atoms with Gasteiger partial charge in [0.15, 0.2) is 5.78 Å². The summed E-state index contributed by atoms with van der Waals surface area (Å²) in [5.41, 5.74) is 9.55. The number of ketones is 1. The maximum Gasteiger partial charge on any atom is 0.172 e. The monoisotopic (exact) mass is 205 g/mol. The number of hydrogen-bond acceptors (Lipinski definition) is 3. The highest BCUT2D eigenvalue weighted by atomic mass is 16.5. The van der Waals surface area contributed by atoms with Crippen molar-refractivity contribution in [2.24, 2.45) is 5.11 Å². The highest BCUT2D eigenvalue weighted by Gasteiger charge is 2.10. The van der Waals surface area contributed by atoms with E-state index in [9.17, 15) is 4.79 Å². The van der Waals surface area contributed by atoms with Crippen LogP contribution in [0.4, 0.5) is 0 Å². The molecule has 0 aliphatic carbocycles. The van der Waals surface area contributed by atoms with Gasteiger partial charge in [0, 0.05) is 4.91 Å². The van der Waals surface area contributed by atoms with E-state index in [2.05, 4.69) is 10.0 Å². The molecule has 0 aliphatic heterocycles. The fraction of sp³-hybridized carbons (Fsp3) is 0.300. The zero-order chi connectivity index (χ0) is 11.3. The maximum atomic E-state index is 11.5. The van der Waals surface area contributed by atoms with Crippen LogP contribution in [0.5, 0.6) is 5.75 Å². The summed E-state index contributed by atoms with van der Waals surface area (Å²) >= 11 is 0. The van der Waals surface area contributed by atoms with Gasteiger partial charge in [-0.15, -0.1) is 0 Å². The summed E-state index contributed by atoms with van der Waals surface area (Å²) in [6.07, 6.45) is 0. The van der Waals surface area contributed by atoms with Crippen LogP contribution in [0.2, 0.25) is 0 Å². The molecule has 1 aromatic carbocycles. The van der Waals surface area contributed by atoms with Crippen molar-refractivity contribution in [3.8, 4) is 5.75 Å². The Balaban J connectivity index is 3.02. The van der Waals surface area contributed by atoms with Crippen LogP contribution in [0.3, 0.4) is 0 Å². The molecule has 1 aromatic rings. The van der Waals surface area contributed by atoms with Gasteiger partial charge in [-0.3, -0.25) is 4.79 Å². The lowest BCUT2D eigenvalue weighted by Gasteiger charge is -2.06. The van der Waals surface area contributed by atoms with Crippen LogP contribution in [0.15, 0.2) is 23.3 Å². The molecule has 15 heavy (non-hydrogen) atoms. The minimum Gasteiger partial charge on any atom is -0.496 e. The second-order valence-electron chi connectivity index (χ2n) is 3.02. The fourth-order valence-corrected chi connectivity index (χ4v) is 1.21. The summed E-state index contributed by atoms with van der Waals surface area (Å²) in [5.74, 6) is 0.262. The predicted octanol–water partition coefficient (Wildman–Crippen LogP) is 2.50. The van der Waals surface area contributed by atoms with Crippen molar-refractivity contribution in [1.82, 2.24) is 0 Å². The molecular formula is C10H11N3O2. The molecule has 0 unspecified atom stereocenters. The summed E-state index contributed by atoms with van der Waals surface area (Å²) in [4.78, 5) is 14.1. The highest BCUT2D eigenvalue weighted by molar-refractivity contribution is 6.00. The van der Waals surface area contributed by atoms with E-state index in [0.717, 1.165) is 5.56 Å². The third-order valence-electron chi connectivity index (χ3n) is 1.93. The fourth-order valence-electron chi connectivity index (χ4n) is 1.21. The number of Topliss-reactive ketones (excluding diaryl/α,β-unsaturated/α-hetero) is 1. The molecule has 0 saturated carbocycles. The largest absolute Gasteiger partial charge is 0.496 e. The van der Waals surface area contributed by atoms with E-state index in [-0.39, 0.29) is 12.3 Å². The molecule has 0 aromatic heterocycles. The second kappa shape index (κ2) is 5.02. The first-order chi connectivity index (χ1) is 7.19. The van der Waals surface area contributed by atoms with Gasteiger partial charge in [-0.25, -0.2) is 0 Å². The molecule has 1 rings (SSSR count). The van der Waals surface area contributed by atoms with Crippen molar-refractivity contribution in [2.75, 3.05) is 13.7 Å². The van der Waals surface area contributed by atoms with Crippen LogP contribution in [0, 0.1) is 6.92 Å². The van der Waals surface area contributed by atoms with Gasteiger partial charge in [0.05, 0.1) is 19.2 Å². The number of rotatable bonds is 4. The molecule has 5 nitrogen and oxygen atoms in total. The zero-order valence-corrected chi connectivity index (χ0v) is 8.60. The Labute approximate surface area is 87.3 Å². The van der Waals surface area contributed by atoms with Crippen LogP contribution < -0.4 is 4.74 Å². The molecule has 0 aliphatic rings. The Morgan fingerprint density at radius 1 is 1.60 bits per heavy atom. The Morgan fingerprint density at radius 2 is 2.33 bits per heavy atom. The lowest BCUT2D eigenvalue weighted by molar-refractivity contribution is 0.0998. The zero-order valence-electron chi connectivity index (χ0n) is 8.60. The van der Waals surface area contributed by atoms with Crippen molar-refractivity contribution < 1.29 is 9.53 Å². The van der Waals surface area contributed by atoms with Crippen molar-refractivity contribution in [2.45, 2.75) is 6.92 Å². The number of ether oxygens (including phenoxy) is 1. The third kappa shape index (κ3) is 2.72. The first-order valence-electron chi connectivity index (χ1n) is 4.37. The molecule has 0 heterocycles. The number of hydrogen-bond donors (Lipinski definition) is 0. The van der Waals surface area contributed by atoms with E-state index in [1.54, 1.807) is 12.1 Å². The summed E-state index contributed by atoms with van der Waals surface area (Å²) in [5, 5.41) is 3.22. The maximum absolute atomic E-state index is 11.5. The van der Waals surface area contributed by atoms with Crippen LogP contribution in [0.1, 0.15) is 15.9 Å². The van der Waals surface area contributed by atoms with Crippen LogP contribution in [0.25, 0.3) is 10.4 Å². The Morgan fingerprint density at radius 3 is 2.93 bits per heavy atom. The Kier molecular flexibility index (Phi) is 3.71. The minimum atomic E-state index is -0.246. The van der Waals surface area contributed by atoms with Gasteiger partial charge in [-0.2, -0.15) is 0 Å². The molecule has 0 radical (unpaired) electrons. The number of aryl methyl sites for hydroxylation is 1. The Hall–Kier alpha value is -2.00. The molecule has 0 spiro atoms. The molecule has 0 N–H and O–H groups in total. The van der Waals surface area contributed by atoms with Gasteiger partial charge < -0.3 is 4.74 Å². The SMILES string of the molecule is COc1cc(C)ccc1C(=O)CN=[N+]=[N-]. The number of methoxy groups -OCH3 is 1. The number of benzene rings is 1. The van der Waals surface area contributed by atoms with E-state index in [0.29, 0.717) is 11.3 Å².